The summed E-state index contributed by atoms with van der Waals surface area (Å²) in [4.78, 5) is 28.1. The monoisotopic (exact) mass is 528 g/mol. The maximum absolute atomic E-state index is 14.4. The van der Waals surface area contributed by atoms with Crippen molar-refractivity contribution in [1.82, 2.24) is 15.1 Å². The predicted molar refractivity (Wildman–Crippen MR) is 150 cm³/mol. The lowest BCUT2D eigenvalue weighted by Gasteiger charge is -2.23. The van der Waals surface area contributed by atoms with Crippen LogP contribution in [0.15, 0.2) is 78.9 Å². The molecule has 1 aliphatic heterocycles. The van der Waals surface area contributed by atoms with Gasteiger partial charge in [-0.15, -0.1) is 11.8 Å². The van der Waals surface area contributed by atoms with Gasteiger partial charge in [-0.05, 0) is 43.2 Å². The summed E-state index contributed by atoms with van der Waals surface area (Å²) in [5.41, 5.74) is 4.95. The first-order valence-electron chi connectivity index (χ1n) is 12.7. The summed E-state index contributed by atoms with van der Waals surface area (Å²) in [6, 6.07) is 24.1. The second kappa shape index (κ2) is 11.2. The summed E-state index contributed by atoms with van der Waals surface area (Å²) < 4.78 is 16.2. The minimum atomic E-state index is -0.372. The number of halogens is 1. The van der Waals surface area contributed by atoms with Gasteiger partial charge in [-0.3, -0.25) is 14.5 Å². The fourth-order valence-electron chi connectivity index (χ4n) is 4.59. The number of benzene rings is 3. The van der Waals surface area contributed by atoms with Crippen molar-refractivity contribution in [3.05, 3.63) is 101 Å². The Hall–Kier alpha value is -3.91. The summed E-state index contributed by atoms with van der Waals surface area (Å²) in [5, 5.41) is 7.56. The van der Waals surface area contributed by atoms with E-state index in [0.29, 0.717) is 18.1 Å². The fourth-order valence-corrected chi connectivity index (χ4v) is 5.78. The highest BCUT2D eigenvalue weighted by Gasteiger charge is 2.37. The van der Waals surface area contributed by atoms with Gasteiger partial charge in [-0.1, -0.05) is 67.1 Å². The lowest BCUT2D eigenvalue weighted by molar-refractivity contribution is -0.122. The van der Waals surface area contributed by atoms with E-state index in [0.717, 1.165) is 34.4 Å². The standard InChI is InChI=1S/C30H29FN4O2S/c1-3-16-32-25(36)18-34-26(37)19-38-29(22-10-7-11-23(31)17-22)27-28(21-8-5-4-6-9-21)33-35(30(27)34)24-14-12-20(2)13-15-24/h4-15,17,29H,3,16,18-19H2,1-2H3,(H,32,36)/t29-/m0/s1. The van der Waals surface area contributed by atoms with Crippen LogP contribution in [-0.4, -0.2) is 40.4 Å². The van der Waals surface area contributed by atoms with Crippen molar-refractivity contribution in [2.75, 3.05) is 23.7 Å². The third kappa shape index (κ3) is 5.22. The summed E-state index contributed by atoms with van der Waals surface area (Å²) in [6.07, 6.45) is 0.794. The highest BCUT2D eigenvalue weighted by Crippen LogP contribution is 2.48. The van der Waals surface area contributed by atoms with Crippen LogP contribution < -0.4 is 10.2 Å². The van der Waals surface area contributed by atoms with E-state index in [1.165, 1.54) is 28.8 Å². The zero-order valence-electron chi connectivity index (χ0n) is 21.4. The molecule has 38 heavy (non-hydrogen) atoms. The van der Waals surface area contributed by atoms with Crippen molar-refractivity contribution >= 4 is 29.4 Å². The maximum Gasteiger partial charge on any atom is 0.240 e. The molecule has 0 saturated carbocycles. The van der Waals surface area contributed by atoms with E-state index in [1.54, 1.807) is 10.7 Å². The molecule has 0 fully saturated rings. The Kier molecular flexibility index (Phi) is 7.60. The molecule has 194 valence electrons. The van der Waals surface area contributed by atoms with E-state index >= 15 is 0 Å². The van der Waals surface area contributed by atoms with E-state index in [4.69, 9.17) is 5.10 Å². The lowest BCUT2D eigenvalue weighted by Crippen LogP contribution is -2.42. The Morgan fingerprint density at radius 2 is 1.84 bits per heavy atom. The number of aryl methyl sites for hydroxylation is 1. The predicted octanol–water partition coefficient (Wildman–Crippen LogP) is 5.68. The quantitative estimate of drug-likeness (QED) is 0.335. The topological polar surface area (TPSA) is 67.2 Å². The average molecular weight is 529 g/mol. The Balaban J connectivity index is 1.78. The summed E-state index contributed by atoms with van der Waals surface area (Å²) >= 11 is 1.42. The molecular formula is C30H29FN4O2S. The Labute approximate surface area is 225 Å². The van der Waals surface area contributed by atoms with Gasteiger partial charge < -0.3 is 5.32 Å². The van der Waals surface area contributed by atoms with Crippen LogP contribution in [0.2, 0.25) is 0 Å². The van der Waals surface area contributed by atoms with Crippen LogP contribution in [-0.2, 0) is 9.59 Å². The molecule has 0 spiro atoms. The number of thioether (sulfide) groups is 1. The van der Waals surface area contributed by atoms with Crippen molar-refractivity contribution in [3.8, 4) is 16.9 Å². The molecular weight excluding hydrogens is 499 g/mol. The highest BCUT2D eigenvalue weighted by atomic mass is 32.2. The number of anilines is 1. The highest BCUT2D eigenvalue weighted by molar-refractivity contribution is 8.00. The van der Waals surface area contributed by atoms with Crippen LogP contribution in [0.3, 0.4) is 0 Å². The number of fused-ring (bicyclic) bond motifs is 1. The molecule has 8 heteroatoms. The first-order chi connectivity index (χ1) is 18.5. The molecule has 0 radical (unpaired) electrons. The van der Waals surface area contributed by atoms with Crippen LogP contribution in [0, 0.1) is 12.7 Å². The van der Waals surface area contributed by atoms with Crippen LogP contribution in [0.4, 0.5) is 10.2 Å². The number of nitrogens with one attached hydrogen (secondary N) is 1. The third-order valence-corrected chi connectivity index (χ3v) is 7.69. The van der Waals surface area contributed by atoms with Gasteiger partial charge in [-0.25, -0.2) is 9.07 Å². The molecule has 1 atom stereocenters. The second-order valence-electron chi connectivity index (χ2n) is 9.28. The number of nitrogens with zero attached hydrogens (tertiary/aromatic N) is 3. The van der Waals surface area contributed by atoms with Gasteiger partial charge in [0.2, 0.25) is 11.8 Å². The fraction of sp³-hybridized carbons (Fsp3) is 0.233. The molecule has 0 bridgehead atoms. The molecule has 4 aromatic rings. The minimum Gasteiger partial charge on any atom is -0.355 e. The molecule has 3 aromatic carbocycles. The Bertz CT molecular complexity index is 1450. The second-order valence-corrected chi connectivity index (χ2v) is 10.4. The van der Waals surface area contributed by atoms with Gasteiger partial charge in [0, 0.05) is 17.7 Å². The number of aromatic nitrogens is 2. The van der Waals surface area contributed by atoms with Gasteiger partial charge in [0.15, 0.2) is 0 Å². The van der Waals surface area contributed by atoms with E-state index < -0.39 is 0 Å². The van der Waals surface area contributed by atoms with Crippen LogP contribution in [0.1, 0.15) is 35.3 Å². The Morgan fingerprint density at radius 1 is 1.08 bits per heavy atom. The lowest BCUT2D eigenvalue weighted by atomic mass is 9.99. The normalized spacial score (nSPS) is 15.2. The van der Waals surface area contributed by atoms with Crippen molar-refractivity contribution < 1.29 is 14.0 Å². The van der Waals surface area contributed by atoms with Crippen molar-refractivity contribution in [1.29, 1.82) is 0 Å². The largest absolute Gasteiger partial charge is 0.355 e. The minimum absolute atomic E-state index is 0.131. The number of hydrogen-bond donors (Lipinski definition) is 1. The van der Waals surface area contributed by atoms with Gasteiger partial charge in [0.1, 0.15) is 18.2 Å². The number of rotatable bonds is 7. The van der Waals surface area contributed by atoms with Crippen LogP contribution in [0.25, 0.3) is 16.9 Å². The molecule has 1 N–H and O–H groups in total. The first-order valence-corrected chi connectivity index (χ1v) is 13.7. The molecule has 1 aliphatic rings. The van der Waals surface area contributed by atoms with Gasteiger partial charge in [-0.2, -0.15) is 5.10 Å². The molecule has 0 saturated heterocycles. The number of amides is 2. The number of hydrogen-bond acceptors (Lipinski definition) is 4. The summed E-state index contributed by atoms with van der Waals surface area (Å²) in [7, 11) is 0. The van der Waals surface area contributed by atoms with E-state index in [9.17, 15) is 14.0 Å². The number of carbonyl (C=O) groups is 2. The maximum atomic E-state index is 14.4. The molecule has 6 nitrogen and oxygen atoms in total. The summed E-state index contributed by atoms with van der Waals surface area (Å²) in [6.45, 7) is 4.39. The molecule has 0 aliphatic carbocycles. The molecule has 2 amide bonds. The van der Waals surface area contributed by atoms with Gasteiger partial charge >= 0.3 is 0 Å². The smallest absolute Gasteiger partial charge is 0.240 e. The van der Waals surface area contributed by atoms with Crippen molar-refractivity contribution in [2.45, 2.75) is 25.5 Å². The Morgan fingerprint density at radius 3 is 2.55 bits per heavy atom. The van der Waals surface area contributed by atoms with E-state index in [1.807, 2.05) is 74.5 Å². The molecule has 5 rings (SSSR count). The average Bonchev–Trinajstić information content (AvgIpc) is 3.25. The third-order valence-electron chi connectivity index (χ3n) is 6.44. The van der Waals surface area contributed by atoms with Crippen molar-refractivity contribution in [2.24, 2.45) is 0 Å². The summed E-state index contributed by atoms with van der Waals surface area (Å²) in [5.74, 6) is -0.112. The molecule has 1 aromatic heterocycles. The first kappa shape index (κ1) is 25.7. The number of carbonyl (C=O) groups excluding carboxylic acids is 2. The SMILES string of the molecule is CCCNC(=O)CN1C(=O)CS[C@@H](c2cccc(F)c2)c2c(-c3ccccc3)nn(-c3ccc(C)cc3)c21. The molecule has 2 heterocycles. The van der Waals surface area contributed by atoms with E-state index in [-0.39, 0.29) is 35.2 Å². The zero-order valence-corrected chi connectivity index (χ0v) is 22.2. The van der Waals surface area contributed by atoms with Crippen LogP contribution in [0.5, 0.6) is 0 Å². The van der Waals surface area contributed by atoms with E-state index in [2.05, 4.69) is 5.32 Å². The van der Waals surface area contributed by atoms with Gasteiger partial charge in [0.25, 0.3) is 0 Å². The van der Waals surface area contributed by atoms with Gasteiger partial charge in [0.05, 0.1) is 22.4 Å². The van der Waals surface area contributed by atoms with Crippen molar-refractivity contribution in [3.63, 3.8) is 0 Å². The molecule has 0 unspecified atom stereocenters. The van der Waals surface area contributed by atoms with Crippen LogP contribution >= 0.6 is 11.8 Å². The zero-order chi connectivity index (χ0) is 26.6.